The Hall–Kier alpha value is -2.69. The maximum Gasteiger partial charge on any atom is 0.270 e. The van der Waals surface area contributed by atoms with E-state index in [-0.39, 0.29) is 38.2 Å². The number of fused-ring (bicyclic) bond motifs is 1. The summed E-state index contributed by atoms with van der Waals surface area (Å²) in [5, 5.41) is 11.3. The molecule has 0 radical (unpaired) electrons. The van der Waals surface area contributed by atoms with Gasteiger partial charge in [-0.15, -0.1) is 0 Å². The van der Waals surface area contributed by atoms with Crippen LogP contribution in [0.3, 0.4) is 0 Å². The Kier molecular flexibility index (Phi) is 7.14. The number of halogens is 3. The first-order valence-electron chi connectivity index (χ1n) is 9.48. The van der Waals surface area contributed by atoms with Crippen molar-refractivity contribution in [1.82, 2.24) is 9.88 Å². The number of nitrogens with zero attached hydrogens (tertiary/aromatic N) is 4. The lowest BCUT2D eigenvalue weighted by molar-refractivity contribution is -0.384. The van der Waals surface area contributed by atoms with Crippen molar-refractivity contribution in [2.45, 2.75) is 13.8 Å². The van der Waals surface area contributed by atoms with Gasteiger partial charge in [-0.05, 0) is 25.2 Å². The van der Waals surface area contributed by atoms with E-state index in [1.165, 1.54) is 17.0 Å². The summed E-state index contributed by atoms with van der Waals surface area (Å²) in [6.07, 6.45) is 0. The number of nitro groups is 1. The number of non-ortho nitro benzene ring substituents is 1. The monoisotopic (exact) mass is 468 g/mol. The standard InChI is InChI=1S/C20H19ClF2N4O3S/c1-3-25(4-2)7-8-26(19(28)14-11-13(27(29)30)5-6-15(14)21)20-24-18-16(23)9-12(22)10-17(18)31-20/h5-6,9-11H,3-4,7-8H2,1-2H3. The molecule has 1 aromatic heterocycles. The molecule has 1 amide bonds. The molecule has 0 N–H and O–H groups in total. The highest BCUT2D eigenvalue weighted by Crippen LogP contribution is 2.33. The number of amides is 1. The van der Waals surface area contributed by atoms with Gasteiger partial charge < -0.3 is 4.90 Å². The minimum Gasteiger partial charge on any atom is -0.302 e. The average Bonchev–Trinajstić information content (AvgIpc) is 3.15. The molecule has 31 heavy (non-hydrogen) atoms. The molecule has 164 valence electrons. The van der Waals surface area contributed by atoms with E-state index >= 15 is 0 Å². The third kappa shape index (κ3) is 4.97. The molecule has 0 atom stereocenters. The van der Waals surface area contributed by atoms with Crippen LogP contribution in [-0.2, 0) is 0 Å². The number of aromatic nitrogens is 1. The molecule has 3 aromatic rings. The highest BCUT2D eigenvalue weighted by atomic mass is 35.5. The molecular formula is C20H19ClF2N4O3S. The van der Waals surface area contributed by atoms with Crippen molar-refractivity contribution in [1.29, 1.82) is 0 Å². The molecule has 3 rings (SSSR count). The quantitative estimate of drug-likeness (QED) is 0.338. The minimum atomic E-state index is -0.831. The fraction of sp³-hybridized carbons (Fsp3) is 0.300. The van der Waals surface area contributed by atoms with Gasteiger partial charge >= 0.3 is 0 Å². The highest BCUT2D eigenvalue weighted by molar-refractivity contribution is 7.22. The lowest BCUT2D eigenvalue weighted by Gasteiger charge is -2.25. The molecule has 2 aromatic carbocycles. The van der Waals surface area contributed by atoms with Gasteiger partial charge in [0.1, 0.15) is 11.3 Å². The van der Waals surface area contributed by atoms with E-state index in [0.29, 0.717) is 6.54 Å². The Morgan fingerprint density at radius 2 is 1.90 bits per heavy atom. The van der Waals surface area contributed by atoms with E-state index in [1.807, 2.05) is 13.8 Å². The minimum absolute atomic E-state index is 0.0433. The van der Waals surface area contributed by atoms with E-state index in [2.05, 4.69) is 9.88 Å². The SMILES string of the molecule is CCN(CC)CCN(C(=O)c1cc([N+](=O)[O-])ccc1Cl)c1nc2c(F)cc(F)cc2s1. The van der Waals surface area contributed by atoms with Crippen molar-refractivity contribution in [3.05, 3.63) is 62.7 Å². The number of thiazole rings is 1. The van der Waals surface area contributed by atoms with Crippen molar-refractivity contribution in [2.75, 3.05) is 31.1 Å². The maximum atomic E-state index is 14.2. The smallest absolute Gasteiger partial charge is 0.270 e. The fourth-order valence-corrected chi connectivity index (χ4v) is 4.29. The van der Waals surface area contributed by atoms with Gasteiger partial charge in [0.2, 0.25) is 0 Å². The van der Waals surface area contributed by atoms with Gasteiger partial charge in [0, 0.05) is 31.3 Å². The lowest BCUT2D eigenvalue weighted by Crippen LogP contribution is -2.39. The van der Waals surface area contributed by atoms with Gasteiger partial charge in [-0.25, -0.2) is 13.8 Å². The predicted octanol–water partition coefficient (Wildman–Crippen LogP) is 5.12. The number of anilines is 1. The largest absolute Gasteiger partial charge is 0.302 e. The summed E-state index contributed by atoms with van der Waals surface area (Å²) >= 11 is 7.12. The molecule has 0 saturated carbocycles. The van der Waals surface area contributed by atoms with Crippen LogP contribution in [0.1, 0.15) is 24.2 Å². The third-order valence-corrected chi connectivity index (χ3v) is 6.16. The van der Waals surface area contributed by atoms with Crippen LogP contribution in [0.5, 0.6) is 0 Å². The van der Waals surface area contributed by atoms with E-state index in [0.717, 1.165) is 42.6 Å². The zero-order chi connectivity index (χ0) is 22.7. The summed E-state index contributed by atoms with van der Waals surface area (Å²) in [6, 6.07) is 5.46. The Labute approximate surface area is 186 Å². The summed E-state index contributed by atoms with van der Waals surface area (Å²) in [5.74, 6) is -2.19. The molecule has 0 spiro atoms. The molecule has 0 fully saturated rings. The van der Waals surface area contributed by atoms with E-state index in [1.54, 1.807) is 0 Å². The van der Waals surface area contributed by atoms with Gasteiger partial charge in [-0.1, -0.05) is 36.8 Å². The molecule has 0 unspecified atom stereocenters. The number of hydrogen-bond donors (Lipinski definition) is 0. The van der Waals surface area contributed by atoms with E-state index < -0.39 is 22.5 Å². The van der Waals surface area contributed by atoms with Gasteiger partial charge in [-0.3, -0.25) is 19.8 Å². The number of carbonyl (C=O) groups excluding carboxylic acids is 1. The van der Waals surface area contributed by atoms with Crippen LogP contribution < -0.4 is 4.90 Å². The Morgan fingerprint density at radius 3 is 2.55 bits per heavy atom. The molecule has 0 aliphatic rings. The van der Waals surface area contributed by atoms with Crippen LogP contribution in [0.2, 0.25) is 5.02 Å². The molecule has 0 saturated heterocycles. The molecule has 0 aliphatic carbocycles. The van der Waals surface area contributed by atoms with Crippen molar-refractivity contribution >= 4 is 49.9 Å². The Balaban J connectivity index is 2.06. The molecule has 11 heteroatoms. The number of benzene rings is 2. The fourth-order valence-electron chi connectivity index (χ4n) is 3.06. The molecular weight excluding hydrogens is 450 g/mol. The summed E-state index contributed by atoms with van der Waals surface area (Å²) in [6.45, 7) is 6.11. The maximum absolute atomic E-state index is 14.2. The predicted molar refractivity (Wildman–Crippen MR) is 117 cm³/mol. The molecule has 7 nitrogen and oxygen atoms in total. The summed E-state index contributed by atoms with van der Waals surface area (Å²) in [7, 11) is 0. The number of rotatable bonds is 8. The van der Waals surface area contributed by atoms with Gasteiger partial charge in [-0.2, -0.15) is 0 Å². The highest BCUT2D eigenvalue weighted by Gasteiger charge is 2.26. The number of nitro benzene ring substituents is 1. The first-order chi connectivity index (χ1) is 14.7. The van der Waals surface area contributed by atoms with Crippen molar-refractivity contribution in [2.24, 2.45) is 0 Å². The zero-order valence-corrected chi connectivity index (χ0v) is 18.3. The van der Waals surface area contributed by atoms with Crippen molar-refractivity contribution < 1.29 is 18.5 Å². The van der Waals surface area contributed by atoms with Crippen LogP contribution in [0, 0.1) is 21.7 Å². The van der Waals surface area contributed by atoms with E-state index in [9.17, 15) is 23.7 Å². The van der Waals surface area contributed by atoms with Gasteiger partial charge in [0.25, 0.3) is 11.6 Å². The number of hydrogen-bond acceptors (Lipinski definition) is 6. The molecule has 0 bridgehead atoms. The normalized spacial score (nSPS) is 11.3. The third-order valence-electron chi connectivity index (χ3n) is 4.80. The van der Waals surface area contributed by atoms with Crippen LogP contribution in [0.25, 0.3) is 10.2 Å². The Bertz CT molecular complexity index is 1140. The summed E-state index contributed by atoms with van der Waals surface area (Å²) < 4.78 is 28.0. The molecule has 1 heterocycles. The Morgan fingerprint density at radius 1 is 1.19 bits per heavy atom. The second-order valence-electron chi connectivity index (χ2n) is 6.64. The lowest BCUT2D eigenvalue weighted by atomic mass is 10.1. The van der Waals surface area contributed by atoms with Gasteiger partial charge in [0.15, 0.2) is 10.9 Å². The number of carbonyl (C=O) groups is 1. The molecule has 0 aliphatic heterocycles. The zero-order valence-electron chi connectivity index (χ0n) is 16.8. The van der Waals surface area contributed by atoms with Crippen molar-refractivity contribution in [3.8, 4) is 0 Å². The van der Waals surface area contributed by atoms with Crippen LogP contribution in [0.4, 0.5) is 19.6 Å². The number of likely N-dealkylation sites (N-methyl/N-ethyl adjacent to an activating group) is 1. The van der Waals surface area contributed by atoms with Crippen LogP contribution >= 0.6 is 22.9 Å². The second-order valence-corrected chi connectivity index (χ2v) is 8.05. The van der Waals surface area contributed by atoms with Gasteiger partial charge in [0.05, 0.1) is 20.2 Å². The second kappa shape index (κ2) is 9.63. The van der Waals surface area contributed by atoms with E-state index in [4.69, 9.17) is 11.6 Å². The summed E-state index contributed by atoms with van der Waals surface area (Å²) in [4.78, 5) is 31.5. The van der Waals surface area contributed by atoms with Crippen LogP contribution in [-0.4, -0.2) is 46.9 Å². The first kappa shape index (κ1) is 23.0. The topological polar surface area (TPSA) is 79.6 Å². The first-order valence-corrected chi connectivity index (χ1v) is 10.7. The van der Waals surface area contributed by atoms with Crippen molar-refractivity contribution in [3.63, 3.8) is 0 Å². The average molecular weight is 469 g/mol. The summed E-state index contributed by atoms with van der Waals surface area (Å²) in [5.41, 5.74) is -0.401. The van der Waals surface area contributed by atoms with Crippen LogP contribution in [0.15, 0.2) is 30.3 Å².